The van der Waals surface area contributed by atoms with Crippen LogP contribution in [-0.4, -0.2) is 61.3 Å². The van der Waals surface area contributed by atoms with Gasteiger partial charge in [0.25, 0.3) is 0 Å². The summed E-state index contributed by atoms with van der Waals surface area (Å²) in [4.78, 5) is 27.6. The molecule has 0 bridgehead atoms. The van der Waals surface area contributed by atoms with Crippen LogP contribution in [0.2, 0.25) is 18.1 Å². The van der Waals surface area contributed by atoms with Gasteiger partial charge in [-0.2, -0.15) is 0 Å². The third-order valence-corrected chi connectivity index (χ3v) is 12.1. The quantitative estimate of drug-likeness (QED) is 0.332. The minimum absolute atomic E-state index is 0.0287. The number of benzene rings is 1. The van der Waals surface area contributed by atoms with E-state index in [4.69, 9.17) is 23.4 Å². The number of amides is 1. The Morgan fingerprint density at radius 2 is 1.61 bits per heavy atom. The number of fused-ring (bicyclic) bond motifs is 3. The normalized spacial score (nSPS) is 22.2. The molecule has 1 fully saturated rings. The van der Waals surface area contributed by atoms with Crippen molar-refractivity contribution in [1.29, 1.82) is 0 Å². The molecule has 1 aromatic carbocycles. The molecule has 2 aliphatic rings. The molecule has 0 N–H and O–H groups in total. The standard InChI is InChI=1S/C24H37NO7Si/c1-13-19(28-5)18-17(21(30-7)20(13)29-6)15(12-32-33(9,10)24(2,3)4)16-11-14(23(27)31-8)22(26)25(16)18/h14-16H,11-12H2,1-10H3. The maximum absolute atomic E-state index is 13.5. The van der Waals surface area contributed by atoms with Crippen molar-refractivity contribution >= 4 is 25.9 Å². The van der Waals surface area contributed by atoms with Crippen LogP contribution in [0, 0.1) is 12.8 Å². The lowest BCUT2D eigenvalue weighted by molar-refractivity contribution is -0.148. The van der Waals surface area contributed by atoms with E-state index in [2.05, 4.69) is 33.9 Å². The summed E-state index contributed by atoms with van der Waals surface area (Å²) in [7, 11) is 3.98. The summed E-state index contributed by atoms with van der Waals surface area (Å²) in [5.74, 6) is -0.159. The van der Waals surface area contributed by atoms with Crippen LogP contribution in [0.1, 0.15) is 44.2 Å². The van der Waals surface area contributed by atoms with Gasteiger partial charge in [0.05, 0.1) is 34.1 Å². The lowest BCUT2D eigenvalue weighted by Gasteiger charge is -2.37. The molecule has 0 radical (unpaired) electrons. The summed E-state index contributed by atoms with van der Waals surface area (Å²) >= 11 is 0. The minimum Gasteiger partial charge on any atom is -0.494 e. The van der Waals surface area contributed by atoms with Gasteiger partial charge in [0.2, 0.25) is 5.91 Å². The smallest absolute Gasteiger partial charge is 0.318 e. The third-order valence-electron chi connectivity index (χ3n) is 7.55. The van der Waals surface area contributed by atoms with Crippen molar-refractivity contribution in [2.75, 3.05) is 39.9 Å². The van der Waals surface area contributed by atoms with Crippen LogP contribution in [0.15, 0.2) is 0 Å². The van der Waals surface area contributed by atoms with Crippen molar-refractivity contribution in [2.24, 2.45) is 5.92 Å². The molecular weight excluding hydrogens is 442 g/mol. The fourth-order valence-electron chi connectivity index (χ4n) is 4.72. The highest BCUT2D eigenvalue weighted by Crippen LogP contribution is 2.59. The van der Waals surface area contributed by atoms with Gasteiger partial charge < -0.3 is 28.3 Å². The predicted molar refractivity (Wildman–Crippen MR) is 128 cm³/mol. The second-order valence-corrected chi connectivity index (χ2v) is 15.1. The van der Waals surface area contributed by atoms with Crippen molar-refractivity contribution in [3.63, 3.8) is 0 Å². The van der Waals surface area contributed by atoms with Crippen LogP contribution in [-0.2, 0) is 18.8 Å². The molecule has 0 spiro atoms. The minimum atomic E-state index is -2.08. The van der Waals surface area contributed by atoms with E-state index in [1.165, 1.54) is 7.11 Å². The summed E-state index contributed by atoms with van der Waals surface area (Å²) in [5, 5.41) is 0.0287. The SMILES string of the molecule is COC(=O)C1CC2C(CO[Si](C)(C)C(C)(C)C)c3c(OC)c(OC)c(C)c(OC)c3N2C1=O. The zero-order valence-corrected chi connectivity index (χ0v) is 22.5. The molecule has 3 unspecified atom stereocenters. The topological polar surface area (TPSA) is 83.5 Å². The van der Waals surface area contributed by atoms with E-state index < -0.39 is 20.2 Å². The number of hydrogen-bond acceptors (Lipinski definition) is 7. The first-order chi connectivity index (χ1) is 15.4. The zero-order chi connectivity index (χ0) is 24.9. The second-order valence-electron chi connectivity index (χ2n) is 10.3. The van der Waals surface area contributed by atoms with Gasteiger partial charge in [0.15, 0.2) is 19.8 Å². The Bertz CT molecular complexity index is 953. The van der Waals surface area contributed by atoms with Crippen LogP contribution in [0.4, 0.5) is 5.69 Å². The number of ether oxygens (including phenoxy) is 4. The molecule has 1 aromatic rings. The van der Waals surface area contributed by atoms with E-state index in [1.807, 2.05) is 6.92 Å². The van der Waals surface area contributed by atoms with E-state index in [9.17, 15) is 9.59 Å². The van der Waals surface area contributed by atoms with Crippen molar-refractivity contribution in [3.05, 3.63) is 11.1 Å². The molecule has 33 heavy (non-hydrogen) atoms. The Balaban J connectivity index is 2.20. The van der Waals surface area contributed by atoms with Gasteiger partial charge in [-0.15, -0.1) is 0 Å². The van der Waals surface area contributed by atoms with E-state index in [0.717, 1.165) is 11.1 Å². The van der Waals surface area contributed by atoms with E-state index in [-0.39, 0.29) is 22.9 Å². The fourth-order valence-corrected chi connectivity index (χ4v) is 5.75. The predicted octanol–water partition coefficient (Wildman–Crippen LogP) is 4.03. The van der Waals surface area contributed by atoms with Gasteiger partial charge >= 0.3 is 5.97 Å². The average molecular weight is 480 g/mol. The monoisotopic (exact) mass is 479 g/mol. The van der Waals surface area contributed by atoms with Crippen molar-refractivity contribution in [1.82, 2.24) is 0 Å². The molecule has 1 amide bonds. The molecular formula is C24H37NO7Si. The van der Waals surface area contributed by atoms with Crippen molar-refractivity contribution in [3.8, 4) is 17.2 Å². The summed E-state index contributed by atoms with van der Waals surface area (Å²) in [6.07, 6.45) is 0.347. The van der Waals surface area contributed by atoms with E-state index >= 15 is 0 Å². The van der Waals surface area contributed by atoms with Crippen LogP contribution < -0.4 is 19.1 Å². The van der Waals surface area contributed by atoms with Gasteiger partial charge in [-0.1, -0.05) is 20.8 Å². The maximum atomic E-state index is 13.5. The first-order valence-electron chi connectivity index (χ1n) is 11.2. The number of rotatable bonds is 7. The first kappa shape index (κ1) is 25.4. The Labute approximate surface area is 197 Å². The van der Waals surface area contributed by atoms with Crippen LogP contribution in [0.5, 0.6) is 17.2 Å². The second kappa shape index (κ2) is 8.83. The van der Waals surface area contributed by atoms with Crippen LogP contribution >= 0.6 is 0 Å². The highest BCUT2D eigenvalue weighted by atomic mass is 28.4. The summed E-state index contributed by atoms with van der Waals surface area (Å²) in [5.41, 5.74) is 2.20. The summed E-state index contributed by atoms with van der Waals surface area (Å²) < 4.78 is 28.9. The number of methoxy groups -OCH3 is 4. The van der Waals surface area contributed by atoms with Crippen LogP contribution in [0.3, 0.4) is 0 Å². The number of carbonyl (C=O) groups excluding carboxylic acids is 2. The third kappa shape index (κ3) is 3.89. The lowest BCUT2D eigenvalue weighted by Crippen LogP contribution is -2.43. The molecule has 0 saturated carbocycles. The molecule has 3 atom stereocenters. The van der Waals surface area contributed by atoms with Gasteiger partial charge in [-0.05, 0) is 31.5 Å². The number of nitrogens with zero attached hydrogens (tertiary/aromatic N) is 1. The number of anilines is 1. The largest absolute Gasteiger partial charge is 0.494 e. The molecule has 0 aromatic heterocycles. The molecule has 2 aliphatic heterocycles. The van der Waals surface area contributed by atoms with Crippen molar-refractivity contribution < 1.29 is 33.0 Å². The highest BCUT2D eigenvalue weighted by Gasteiger charge is 2.56. The number of hydrogen-bond donors (Lipinski definition) is 0. The van der Waals surface area contributed by atoms with Crippen molar-refractivity contribution in [2.45, 2.75) is 64.2 Å². The Morgan fingerprint density at radius 3 is 2.09 bits per heavy atom. The summed E-state index contributed by atoms with van der Waals surface area (Å²) in [6, 6.07) is -0.268. The molecule has 9 heteroatoms. The van der Waals surface area contributed by atoms with Gasteiger partial charge in [-0.3, -0.25) is 9.59 Å². The summed E-state index contributed by atoms with van der Waals surface area (Å²) in [6.45, 7) is 13.2. The van der Waals surface area contributed by atoms with Gasteiger partial charge in [-0.25, -0.2) is 0 Å². The Kier molecular flexibility index (Phi) is 6.79. The number of carbonyl (C=O) groups is 2. The van der Waals surface area contributed by atoms with E-state index in [0.29, 0.717) is 36.0 Å². The number of esters is 1. The highest BCUT2D eigenvalue weighted by molar-refractivity contribution is 6.74. The Hall–Kier alpha value is -2.26. The Morgan fingerprint density at radius 1 is 1.03 bits per heavy atom. The molecule has 2 heterocycles. The van der Waals surface area contributed by atoms with E-state index in [1.54, 1.807) is 26.2 Å². The molecule has 1 saturated heterocycles. The molecule has 0 aliphatic carbocycles. The van der Waals surface area contributed by atoms with Gasteiger partial charge in [0.1, 0.15) is 11.7 Å². The zero-order valence-electron chi connectivity index (χ0n) is 21.5. The fraction of sp³-hybridized carbons (Fsp3) is 0.667. The van der Waals surface area contributed by atoms with Crippen LogP contribution in [0.25, 0.3) is 0 Å². The molecule has 184 valence electrons. The van der Waals surface area contributed by atoms with Gasteiger partial charge in [0, 0.05) is 29.7 Å². The maximum Gasteiger partial charge on any atom is 0.318 e. The molecule has 3 rings (SSSR count). The lowest BCUT2D eigenvalue weighted by atomic mass is 9.89. The molecule has 8 nitrogen and oxygen atoms in total. The average Bonchev–Trinajstić information content (AvgIpc) is 3.24. The first-order valence-corrected chi connectivity index (χ1v) is 14.1.